The molecule has 0 aliphatic rings. The van der Waals surface area contributed by atoms with E-state index in [1.54, 1.807) is 0 Å². The Morgan fingerprint density at radius 1 is 0.318 bits per heavy atom. The van der Waals surface area contributed by atoms with E-state index >= 15 is 0 Å². The molecule has 85 heavy (non-hydrogen) atoms. The van der Waals surface area contributed by atoms with E-state index in [4.69, 9.17) is 4.74 Å². The minimum atomic E-state index is -0.660. The first-order chi connectivity index (χ1) is 42.0. The molecule has 1 amide bonds. The van der Waals surface area contributed by atoms with Gasteiger partial charge in [-0.2, -0.15) is 0 Å². The van der Waals surface area contributed by atoms with Gasteiger partial charge in [0.2, 0.25) is 5.91 Å². The van der Waals surface area contributed by atoms with Gasteiger partial charge in [0.1, 0.15) is 0 Å². The summed E-state index contributed by atoms with van der Waals surface area (Å²) in [7, 11) is 0. The van der Waals surface area contributed by atoms with Gasteiger partial charge in [-0.15, -0.1) is 0 Å². The first-order valence-electron chi connectivity index (χ1n) is 39.4. The lowest BCUT2D eigenvalue weighted by Gasteiger charge is -2.22. The van der Waals surface area contributed by atoms with E-state index in [9.17, 15) is 19.8 Å². The second kappa shape index (κ2) is 75.1. The number of carbonyl (C=O) groups excluding carboxylic acids is 2. The summed E-state index contributed by atoms with van der Waals surface area (Å²) in [5, 5.41) is 23.4. The van der Waals surface area contributed by atoms with Gasteiger partial charge in [-0.1, -0.05) is 405 Å². The summed E-state index contributed by atoms with van der Waals surface area (Å²) >= 11 is 0. The van der Waals surface area contributed by atoms with Gasteiger partial charge in [-0.05, 0) is 51.4 Å². The van der Waals surface area contributed by atoms with Crippen LogP contribution in [0.2, 0.25) is 0 Å². The van der Waals surface area contributed by atoms with E-state index in [-0.39, 0.29) is 18.5 Å². The molecule has 0 aromatic heterocycles. The van der Waals surface area contributed by atoms with E-state index in [2.05, 4.69) is 31.3 Å². The van der Waals surface area contributed by atoms with Crippen molar-refractivity contribution in [3.63, 3.8) is 0 Å². The van der Waals surface area contributed by atoms with Crippen molar-refractivity contribution in [3.05, 3.63) is 12.2 Å². The lowest BCUT2D eigenvalue weighted by Crippen LogP contribution is -2.45. The highest BCUT2D eigenvalue weighted by Gasteiger charge is 2.20. The fourth-order valence-electron chi connectivity index (χ4n) is 12.8. The molecule has 0 rings (SSSR count). The maximum Gasteiger partial charge on any atom is 0.305 e. The number of hydrogen-bond donors (Lipinski definition) is 3. The number of rotatable bonds is 75. The number of hydrogen-bond acceptors (Lipinski definition) is 5. The molecular weight excluding hydrogens is 1040 g/mol. The number of amides is 1. The zero-order chi connectivity index (χ0) is 61.3. The number of unbranched alkanes of at least 4 members (excludes halogenated alkanes) is 62. The van der Waals surface area contributed by atoms with Gasteiger partial charge < -0.3 is 20.3 Å². The second-order valence-electron chi connectivity index (χ2n) is 27.4. The number of nitrogens with one attached hydrogen (secondary N) is 1. The van der Waals surface area contributed by atoms with E-state index < -0.39 is 12.1 Å². The van der Waals surface area contributed by atoms with E-state index in [1.807, 2.05) is 0 Å². The van der Waals surface area contributed by atoms with Gasteiger partial charge in [0.15, 0.2) is 0 Å². The molecule has 6 nitrogen and oxygen atoms in total. The third-order valence-corrected chi connectivity index (χ3v) is 18.8. The first kappa shape index (κ1) is 83.6. The monoisotopic (exact) mass is 1200 g/mol. The summed E-state index contributed by atoms with van der Waals surface area (Å²) in [6, 6.07) is -0.537. The molecule has 506 valence electrons. The Morgan fingerprint density at radius 2 is 0.553 bits per heavy atom. The summed E-state index contributed by atoms with van der Waals surface area (Å²) in [5.74, 6) is -0.00983. The lowest BCUT2D eigenvalue weighted by molar-refractivity contribution is -0.143. The number of esters is 1. The van der Waals surface area contributed by atoms with Crippen LogP contribution in [0, 0.1) is 0 Å². The number of ether oxygens (including phenoxy) is 1. The van der Waals surface area contributed by atoms with Gasteiger partial charge in [-0.3, -0.25) is 9.59 Å². The average Bonchev–Trinajstić information content (AvgIpc) is 3.51. The molecule has 0 radical (unpaired) electrons. The van der Waals surface area contributed by atoms with Crippen molar-refractivity contribution < 1.29 is 24.5 Å². The quantitative estimate of drug-likeness (QED) is 0.0320. The van der Waals surface area contributed by atoms with Crippen LogP contribution in [0.5, 0.6) is 0 Å². The number of carbonyl (C=O) groups is 2. The van der Waals surface area contributed by atoms with Crippen LogP contribution in [0.4, 0.5) is 0 Å². The smallest absolute Gasteiger partial charge is 0.305 e. The summed E-state index contributed by atoms with van der Waals surface area (Å²) < 4.78 is 5.48. The molecule has 6 heteroatoms. The van der Waals surface area contributed by atoms with Gasteiger partial charge in [0.25, 0.3) is 0 Å². The van der Waals surface area contributed by atoms with Crippen LogP contribution in [-0.2, 0) is 14.3 Å². The molecule has 0 aromatic rings. The standard InChI is InChI=1S/C79H155NO5/c1-3-5-7-9-11-13-15-17-18-19-39-42-45-48-51-55-59-63-67-71-77(82)76(75-81)80-78(83)72-68-64-60-56-52-49-46-43-40-37-35-33-31-29-27-25-23-21-20-22-24-26-28-30-32-34-36-38-41-44-47-50-54-58-62-66-70-74-85-79(84)73-69-65-61-57-53-16-14-12-10-8-6-4-2/h12,14,76-77,81-82H,3-11,13,15-75H2,1-2H3,(H,80,83)/b14-12-. The zero-order valence-electron chi connectivity index (χ0n) is 58.1. The predicted octanol–water partition coefficient (Wildman–Crippen LogP) is 25.9. The summed E-state index contributed by atoms with van der Waals surface area (Å²) in [5.41, 5.74) is 0. The van der Waals surface area contributed by atoms with Crippen LogP contribution in [-0.4, -0.2) is 47.4 Å². The molecule has 0 saturated carbocycles. The van der Waals surface area contributed by atoms with Gasteiger partial charge in [0.05, 0.1) is 25.4 Å². The Balaban J connectivity index is 3.30. The van der Waals surface area contributed by atoms with Crippen LogP contribution in [0.15, 0.2) is 12.2 Å². The molecule has 0 aliphatic heterocycles. The van der Waals surface area contributed by atoms with Crippen molar-refractivity contribution >= 4 is 11.9 Å². The van der Waals surface area contributed by atoms with Crippen LogP contribution < -0.4 is 5.32 Å². The van der Waals surface area contributed by atoms with Crippen molar-refractivity contribution in [1.82, 2.24) is 5.32 Å². The molecule has 2 atom stereocenters. The Bertz CT molecular complexity index is 1290. The van der Waals surface area contributed by atoms with Crippen molar-refractivity contribution in [1.29, 1.82) is 0 Å². The maximum absolute atomic E-state index is 12.6. The minimum absolute atomic E-state index is 0.0142. The summed E-state index contributed by atoms with van der Waals surface area (Å²) in [6.45, 7) is 4.98. The zero-order valence-corrected chi connectivity index (χ0v) is 58.1. The van der Waals surface area contributed by atoms with Crippen molar-refractivity contribution in [3.8, 4) is 0 Å². The molecule has 0 saturated heterocycles. The van der Waals surface area contributed by atoms with E-state index in [1.165, 1.54) is 379 Å². The second-order valence-corrected chi connectivity index (χ2v) is 27.4. The largest absolute Gasteiger partial charge is 0.466 e. The van der Waals surface area contributed by atoms with E-state index in [0.29, 0.717) is 25.9 Å². The highest BCUT2D eigenvalue weighted by atomic mass is 16.5. The molecule has 0 aliphatic carbocycles. The molecule has 0 bridgehead atoms. The van der Waals surface area contributed by atoms with Crippen molar-refractivity contribution in [2.24, 2.45) is 0 Å². The van der Waals surface area contributed by atoms with Crippen LogP contribution in [0.1, 0.15) is 457 Å². The minimum Gasteiger partial charge on any atom is -0.466 e. The third-order valence-electron chi connectivity index (χ3n) is 18.8. The Hall–Kier alpha value is -1.40. The fraction of sp³-hybridized carbons (Fsp3) is 0.949. The maximum atomic E-state index is 12.6. The molecular formula is C79H155NO5. The number of allylic oxidation sites excluding steroid dienone is 2. The highest BCUT2D eigenvalue weighted by Crippen LogP contribution is 2.20. The van der Waals surface area contributed by atoms with Crippen LogP contribution >= 0.6 is 0 Å². The molecule has 0 spiro atoms. The normalized spacial score (nSPS) is 12.5. The molecule has 0 aromatic carbocycles. The number of aliphatic hydroxyl groups excluding tert-OH is 2. The number of aliphatic hydroxyl groups is 2. The Labute approximate surface area is 533 Å². The summed E-state index contributed by atoms with van der Waals surface area (Å²) in [4.78, 5) is 24.6. The van der Waals surface area contributed by atoms with Gasteiger partial charge in [-0.25, -0.2) is 0 Å². The molecule has 0 heterocycles. The lowest BCUT2D eigenvalue weighted by atomic mass is 10.0. The first-order valence-corrected chi connectivity index (χ1v) is 39.4. The average molecular weight is 1200 g/mol. The van der Waals surface area contributed by atoms with Crippen molar-refractivity contribution in [2.75, 3.05) is 13.2 Å². The van der Waals surface area contributed by atoms with Crippen molar-refractivity contribution in [2.45, 2.75) is 469 Å². The fourth-order valence-corrected chi connectivity index (χ4v) is 12.8. The Morgan fingerprint density at radius 3 is 0.859 bits per heavy atom. The Kier molecular flexibility index (Phi) is 73.8. The third kappa shape index (κ3) is 71.6. The van der Waals surface area contributed by atoms with Gasteiger partial charge >= 0.3 is 5.97 Å². The van der Waals surface area contributed by atoms with Gasteiger partial charge in [0, 0.05) is 12.8 Å². The topological polar surface area (TPSA) is 95.9 Å². The molecule has 0 fully saturated rings. The van der Waals surface area contributed by atoms with Crippen LogP contribution in [0.3, 0.4) is 0 Å². The SMILES string of the molecule is CCCCC/C=C\CCCCCCCC(=O)OCCCCCCCCCCCCCCCCCCCCCCCCCCCCCCCCCCCCCCCC(=O)NC(CO)C(O)CCCCCCCCCCCCCCCCCCCCC. The highest BCUT2D eigenvalue weighted by molar-refractivity contribution is 5.76. The molecule has 2 unspecified atom stereocenters. The molecule has 3 N–H and O–H groups in total. The predicted molar refractivity (Wildman–Crippen MR) is 375 cm³/mol. The van der Waals surface area contributed by atoms with Crippen LogP contribution in [0.25, 0.3) is 0 Å². The van der Waals surface area contributed by atoms with E-state index in [0.717, 1.165) is 44.9 Å². The summed E-state index contributed by atoms with van der Waals surface area (Å²) in [6.07, 6.45) is 94.6.